The Kier molecular flexibility index (Phi) is 44.4. The number of carbonyl (C=O) groups excluding carboxylic acids is 4. The highest BCUT2D eigenvalue weighted by molar-refractivity contribution is 5.77. The highest BCUT2D eigenvalue weighted by Crippen LogP contribution is 2.37. The molecular formula is C107H168N6O23. The second-order valence-corrected chi connectivity index (χ2v) is 46.7. The Bertz CT molecular complexity index is 4390. The van der Waals surface area contributed by atoms with Crippen LogP contribution in [-0.4, -0.2) is 177 Å². The van der Waals surface area contributed by atoms with Crippen molar-refractivity contribution in [3.8, 4) is 11.5 Å². The molecule has 10 unspecified atom stereocenters. The first-order valence-electron chi connectivity index (χ1n) is 46.3. The van der Waals surface area contributed by atoms with Crippen molar-refractivity contribution < 1.29 is 112 Å². The average molecular weight is 1910 g/mol. The van der Waals surface area contributed by atoms with Crippen molar-refractivity contribution in [2.75, 3.05) is 31.9 Å². The van der Waals surface area contributed by atoms with E-state index in [4.69, 9.17) is 47.4 Å². The lowest BCUT2D eigenvalue weighted by molar-refractivity contribution is -0.271. The fourth-order valence-electron chi connectivity index (χ4n) is 11.7. The number of esters is 4. The van der Waals surface area contributed by atoms with E-state index in [-0.39, 0.29) is 81.7 Å². The van der Waals surface area contributed by atoms with Gasteiger partial charge in [-0.2, -0.15) is 0 Å². The molecule has 0 aromatic heterocycles. The highest BCUT2D eigenvalue weighted by atomic mass is 16.7. The molecule has 0 radical (unpaired) electrons. The molecule has 2 aliphatic heterocycles. The minimum atomic E-state index is -1.81. The number of hydrogen-bond donors (Lipinski definition) is 14. The van der Waals surface area contributed by atoms with Gasteiger partial charge in [-0.15, -0.1) is 0 Å². The van der Waals surface area contributed by atoms with E-state index < -0.39 is 100 Å². The minimum Gasteiger partial charge on any atom is -0.510 e. The smallest absolute Gasteiger partial charge is 0.335 e. The number of hydrogen-bond acceptors (Lipinski definition) is 28. The van der Waals surface area contributed by atoms with Gasteiger partial charge in [0.05, 0.1) is 57.5 Å². The summed E-state index contributed by atoms with van der Waals surface area (Å²) in [6, 6.07) is 42.7. The zero-order chi connectivity index (χ0) is 104. The Morgan fingerprint density at radius 1 is 0.287 bits per heavy atom. The standard InChI is InChI=1S/C23H35NO8.C22H33NO9.2C16H25NO2.2C15H25NO/c1-12(25)19-17(27)16(26)18(28)20(32-19)31-15-9-8-13(10-14(15)24-23(5,6)7)11-30-21(29)22(2,3)4;1-21(2,3)20(29)30-10-11-7-8-13(12(9-11)23-22(4,5)6)31-19-16(26)14(24)15(25)17(32-19)18(27)28;2*1-15(2,3)14(18)19-11-12-7-9-13(10-8-12)17-16(4,5)6;2*1-14(2,3)16-13-9-7-12(8-10-13)11-17-15(4,5)6/h8-10,16-20,24-28H,1,11H2,2-7H3;7-9,14-17,19,23-26H,10H2,1-6H3,(H,27,28);2*7-10,17H,11H2,1-6H3;2*7-10,16H,11H2,1-6H3. The molecule has 2 aliphatic rings. The normalized spacial score (nSPS) is 18.9. The van der Waals surface area contributed by atoms with E-state index in [0.29, 0.717) is 54.7 Å². The molecule has 2 saturated heterocycles. The molecule has 0 spiro atoms. The SMILES string of the molecule is C=C(O)C1OC(Oc2ccc(COC(=O)C(C)(C)C)cc2NC(C)(C)C)C(O)C(O)C1O.CC(C)(C)Nc1cc(COC(=O)C(C)(C)C)ccc1OC1OC(C(=O)O)C(O)C(O)C1O.CC(C)(C)Nc1ccc(COC(=O)C(C)(C)C)cc1.CC(C)(C)Nc1ccc(COC(=O)C(C)(C)C)cc1.CC(C)(C)Nc1ccc(COC(C)(C)C)cc1.CC(C)(C)Nc1ccc(COC(C)(C)C)cc1. The van der Waals surface area contributed by atoms with Gasteiger partial charge >= 0.3 is 29.8 Å². The second kappa shape index (κ2) is 50.2. The van der Waals surface area contributed by atoms with Gasteiger partial charge in [0.15, 0.2) is 6.10 Å². The number of aliphatic carboxylic acids is 1. The van der Waals surface area contributed by atoms with Gasteiger partial charge in [-0.1, -0.05) is 67.2 Å². The topological polar surface area (TPSA) is 412 Å². The molecule has 764 valence electrons. The summed E-state index contributed by atoms with van der Waals surface area (Å²) >= 11 is 0. The lowest BCUT2D eigenvalue weighted by Crippen LogP contribution is -2.61. The first-order valence-corrected chi connectivity index (χ1v) is 46.3. The van der Waals surface area contributed by atoms with Crippen LogP contribution in [0, 0.1) is 21.7 Å². The van der Waals surface area contributed by atoms with E-state index in [0.717, 1.165) is 33.9 Å². The van der Waals surface area contributed by atoms with Crippen LogP contribution in [-0.2, 0) is 102 Å². The molecule has 6 aromatic rings. The monoisotopic (exact) mass is 1910 g/mol. The maximum atomic E-state index is 12.1. The number of nitrogens with one attached hydrogen (secondary N) is 6. The highest BCUT2D eigenvalue weighted by Gasteiger charge is 2.49. The number of carboxylic acids is 1. The lowest BCUT2D eigenvalue weighted by Gasteiger charge is -2.40. The third kappa shape index (κ3) is 48.0. The number of carbonyl (C=O) groups is 5. The summed E-state index contributed by atoms with van der Waals surface area (Å²) in [4.78, 5) is 58.8. The van der Waals surface area contributed by atoms with E-state index in [1.54, 1.807) is 77.9 Å². The number of rotatable bonds is 24. The van der Waals surface area contributed by atoms with Crippen molar-refractivity contribution >= 4 is 64.0 Å². The number of carboxylic acid groups (broad SMARTS) is 1. The summed E-state index contributed by atoms with van der Waals surface area (Å²) in [5.41, 5.74) is 8.45. The first-order chi connectivity index (χ1) is 61.7. The van der Waals surface area contributed by atoms with Crippen LogP contribution in [0.1, 0.15) is 283 Å². The summed E-state index contributed by atoms with van der Waals surface area (Å²) in [6.07, 6.45) is -16.0. The Morgan fingerprint density at radius 2 is 0.500 bits per heavy atom. The Hall–Kier alpha value is -9.79. The van der Waals surface area contributed by atoms with Gasteiger partial charge in [0.25, 0.3) is 0 Å². The van der Waals surface area contributed by atoms with Gasteiger partial charge in [0.2, 0.25) is 12.6 Å². The molecule has 0 aliphatic carbocycles. The van der Waals surface area contributed by atoms with E-state index in [1.807, 2.05) is 132 Å². The molecule has 8 rings (SSSR count). The van der Waals surface area contributed by atoms with Gasteiger partial charge in [-0.3, -0.25) is 19.2 Å². The minimum absolute atomic E-state index is 0.0315. The third-order valence-corrected chi connectivity index (χ3v) is 18.5. The quantitative estimate of drug-likeness (QED) is 0.0152. The van der Waals surface area contributed by atoms with E-state index >= 15 is 0 Å². The maximum absolute atomic E-state index is 12.1. The van der Waals surface area contributed by atoms with E-state index in [1.165, 1.54) is 11.1 Å². The predicted octanol–water partition coefficient (Wildman–Crippen LogP) is 19.9. The van der Waals surface area contributed by atoms with Crippen LogP contribution >= 0.6 is 0 Å². The number of ether oxygens (including phenoxy) is 10. The van der Waals surface area contributed by atoms with Crippen molar-refractivity contribution in [2.24, 2.45) is 21.7 Å². The molecule has 6 aromatic carbocycles. The summed E-state index contributed by atoms with van der Waals surface area (Å²) in [5, 5.41) is 99.6. The van der Waals surface area contributed by atoms with Crippen LogP contribution in [0.15, 0.2) is 146 Å². The number of benzene rings is 6. The number of aliphatic hydroxyl groups is 7. The molecule has 0 saturated carbocycles. The Balaban J connectivity index is 0.000000430. The van der Waals surface area contributed by atoms with Gasteiger partial charge in [-0.25, -0.2) is 4.79 Å². The van der Waals surface area contributed by atoms with Gasteiger partial charge < -0.3 is 120 Å². The molecule has 136 heavy (non-hydrogen) atoms. The van der Waals surface area contributed by atoms with Gasteiger partial charge in [-0.05, 0) is 355 Å². The molecule has 2 heterocycles. The largest absolute Gasteiger partial charge is 0.510 e. The van der Waals surface area contributed by atoms with E-state index in [2.05, 4.69) is 212 Å². The van der Waals surface area contributed by atoms with Crippen LogP contribution in [0.3, 0.4) is 0 Å². The fraction of sp³-hybridized carbons (Fsp3) is 0.598. The summed E-state index contributed by atoms with van der Waals surface area (Å²) in [6.45, 7) is 76.7. The Labute approximate surface area is 811 Å². The molecular weight excluding hydrogens is 1740 g/mol. The van der Waals surface area contributed by atoms with Crippen LogP contribution in [0.4, 0.5) is 34.1 Å². The van der Waals surface area contributed by atoms with Crippen LogP contribution in [0.25, 0.3) is 0 Å². The van der Waals surface area contributed by atoms with Crippen molar-refractivity contribution in [3.63, 3.8) is 0 Å². The lowest BCUT2D eigenvalue weighted by atomic mass is 9.97. The van der Waals surface area contributed by atoms with Crippen molar-refractivity contribution in [2.45, 2.75) is 395 Å². The molecule has 29 heteroatoms. The molecule has 0 bridgehead atoms. The predicted molar refractivity (Wildman–Crippen MR) is 539 cm³/mol. The fourth-order valence-corrected chi connectivity index (χ4v) is 11.7. The van der Waals surface area contributed by atoms with Crippen molar-refractivity contribution in [1.82, 2.24) is 0 Å². The number of aliphatic hydroxyl groups excluding tert-OH is 7. The van der Waals surface area contributed by atoms with E-state index in [9.17, 15) is 64.8 Å². The third-order valence-electron chi connectivity index (χ3n) is 18.5. The average Bonchev–Trinajstić information content (AvgIpc) is 0.792. The zero-order valence-corrected chi connectivity index (χ0v) is 88.1. The van der Waals surface area contributed by atoms with Crippen LogP contribution < -0.4 is 41.4 Å². The molecule has 0 amide bonds. The maximum Gasteiger partial charge on any atom is 0.335 e. The zero-order valence-electron chi connectivity index (χ0n) is 88.1. The Morgan fingerprint density at radius 3 is 0.713 bits per heavy atom. The van der Waals surface area contributed by atoms with Gasteiger partial charge in [0, 0.05) is 56.0 Å². The molecule has 29 nitrogen and oxygen atoms in total. The van der Waals surface area contributed by atoms with Crippen LogP contribution in [0.5, 0.6) is 11.5 Å². The summed E-state index contributed by atoms with van der Waals surface area (Å²) < 4.78 is 54.9. The molecule has 10 atom stereocenters. The van der Waals surface area contributed by atoms with Gasteiger partial charge in [0.1, 0.15) is 86.4 Å². The van der Waals surface area contributed by atoms with Crippen molar-refractivity contribution in [3.05, 3.63) is 179 Å². The molecule has 2 fully saturated rings. The summed E-state index contributed by atoms with van der Waals surface area (Å²) in [7, 11) is 0. The molecule has 14 N–H and O–H groups in total. The second-order valence-electron chi connectivity index (χ2n) is 46.7. The van der Waals surface area contributed by atoms with Crippen molar-refractivity contribution in [1.29, 1.82) is 0 Å². The number of anilines is 6. The van der Waals surface area contributed by atoms with Crippen LogP contribution in [0.2, 0.25) is 0 Å². The first kappa shape index (κ1) is 120. The summed E-state index contributed by atoms with van der Waals surface area (Å²) in [5.74, 6) is -2.53.